The Kier molecular flexibility index (Phi) is 4.50. The number of hydrogen-bond acceptors (Lipinski definition) is 6. The zero-order chi connectivity index (χ0) is 17.2. The number of rotatable bonds is 3. The molecule has 6 nitrogen and oxygen atoms in total. The largest absolute Gasteiger partial charge is 0.423 e. The fraction of sp³-hybridized carbons (Fsp3) is 0.278. The van der Waals surface area contributed by atoms with Gasteiger partial charge in [0.2, 0.25) is 5.95 Å². The van der Waals surface area contributed by atoms with Crippen molar-refractivity contribution >= 4 is 32.8 Å². The lowest BCUT2D eigenvalue weighted by atomic mass is 10.1. The van der Waals surface area contributed by atoms with Crippen LogP contribution in [0.4, 0.5) is 5.95 Å². The SMILES string of the molecule is O=c1cc(CN2CCN(c3ncccn3)CC2)c2ccc(Br)cc2o1. The Morgan fingerprint density at radius 3 is 2.60 bits per heavy atom. The molecule has 3 heterocycles. The summed E-state index contributed by atoms with van der Waals surface area (Å²) in [6.45, 7) is 4.27. The molecule has 1 aromatic carbocycles. The van der Waals surface area contributed by atoms with Crippen LogP contribution in [0.1, 0.15) is 5.56 Å². The summed E-state index contributed by atoms with van der Waals surface area (Å²) >= 11 is 3.42. The van der Waals surface area contributed by atoms with E-state index in [4.69, 9.17) is 4.42 Å². The molecule has 25 heavy (non-hydrogen) atoms. The molecule has 0 spiro atoms. The monoisotopic (exact) mass is 400 g/mol. The lowest BCUT2D eigenvalue weighted by Crippen LogP contribution is -2.46. The average Bonchev–Trinajstić information content (AvgIpc) is 2.62. The molecule has 0 atom stereocenters. The first-order valence-corrected chi connectivity index (χ1v) is 8.95. The highest BCUT2D eigenvalue weighted by Crippen LogP contribution is 2.23. The zero-order valence-corrected chi connectivity index (χ0v) is 15.1. The summed E-state index contributed by atoms with van der Waals surface area (Å²) in [4.78, 5) is 25.0. The molecule has 0 amide bonds. The number of nitrogens with zero attached hydrogens (tertiary/aromatic N) is 4. The zero-order valence-electron chi connectivity index (χ0n) is 13.6. The molecule has 2 aromatic heterocycles. The van der Waals surface area contributed by atoms with Crippen LogP contribution in [0, 0.1) is 0 Å². The van der Waals surface area contributed by atoms with Gasteiger partial charge in [-0.25, -0.2) is 14.8 Å². The third-order valence-electron chi connectivity index (χ3n) is 4.39. The van der Waals surface area contributed by atoms with Crippen molar-refractivity contribution in [1.82, 2.24) is 14.9 Å². The van der Waals surface area contributed by atoms with Crippen molar-refractivity contribution in [3.8, 4) is 0 Å². The van der Waals surface area contributed by atoms with Gasteiger partial charge in [-0.1, -0.05) is 15.9 Å². The van der Waals surface area contributed by atoms with Crippen molar-refractivity contribution in [2.24, 2.45) is 0 Å². The third kappa shape index (κ3) is 3.57. The van der Waals surface area contributed by atoms with Gasteiger partial charge in [0, 0.05) is 61.0 Å². The number of piperazine rings is 1. The van der Waals surface area contributed by atoms with Crippen molar-refractivity contribution in [3.63, 3.8) is 0 Å². The number of fused-ring (bicyclic) bond motifs is 1. The van der Waals surface area contributed by atoms with E-state index in [2.05, 4.69) is 35.7 Å². The molecule has 1 fully saturated rings. The van der Waals surface area contributed by atoms with Crippen LogP contribution in [-0.2, 0) is 6.54 Å². The van der Waals surface area contributed by atoms with E-state index in [0.29, 0.717) is 5.58 Å². The van der Waals surface area contributed by atoms with E-state index in [0.717, 1.165) is 54.1 Å². The number of benzene rings is 1. The Hall–Kier alpha value is -2.25. The Balaban J connectivity index is 1.50. The van der Waals surface area contributed by atoms with Crippen LogP contribution < -0.4 is 10.5 Å². The summed E-state index contributed by atoms with van der Waals surface area (Å²) in [5, 5.41) is 0.983. The quantitative estimate of drug-likeness (QED) is 0.629. The van der Waals surface area contributed by atoms with E-state index in [9.17, 15) is 4.79 Å². The normalized spacial score (nSPS) is 15.6. The minimum atomic E-state index is -0.308. The Labute approximate surface area is 153 Å². The molecule has 0 saturated carbocycles. The van der Waals surface area contributed by atoms with Crippen LogP contribution in [0.3, 0.4) is 0 Å². The summed E-state index contributed by atoms with van der Waals surface area (Å²) in [5.41, 5.74) is 1.31. The van der Waals surface area contributed by atoms with Crippen LogP contribution in [0.15, 0.2) is 56.4 Å². The van der Waals surface area contributed by atoms with Crippen molar-refractivity contribution in [2.75, 3.05) is 31.1 Å². The van der Waals surface area contributed by atoms with E-state index < -0.39 is 0 Å². The summed E-state index contributed by atoms with van der Waals surface area (Å²) in [6.07, 6.45) is 3.53. The van der Waals surface area contributed by atoms with Crippen LogP contribution in [0.2, 0.25) is 0 Å². The molecule has 0 radical (unpaired) electrons. The van der Waals surface area contributed by atoms with Crippen molar-refractivity contribution in [3.05, 3.63) is 63.2 Å². The minimum absolute atomic E-state index is 0.308. The molecule has 0 unspecified atom stereocenters. The van der Waals surface area contributed by atoms with E-state index in [1.54, 1.807) is 18.5 Å². The highest BCUT2D eigenvalue weighted by Gasteiger charge is 2.19. The third-order valence-corrected chi connectivity index (χ3v) is 4.89. The second kappa shape index (κ2) is 6.93. The van der Waals surface area contributed by atoms with Crippen LogP contribution in [-0.4, -0.2) is 41.0 Å². The molecular formula is C18H17BrN4O2. The summed E-state index contributed by atoms with van der Waals surface area (Å²) in [6, 6.07) is 9.22. The molecule has 3 aromatic rings. The summed E-state index contributed by atoms with van der Waals surface area (Å²) in [7, 11) is 0. The second-order valence-corrected chi connectivity index (χ2v) is 6.96. The second-order valence-electron chi connectivity index (χ2n) is 6.04. The van der Waals surface area contributed by atoms with Gasteiger partial charge in [0.25, 0.3) is 0 Å². The first kappa shape index (κ1) is 16.2. The van der Waals surface area contributed by atoms with E-state index in [-0.39, 0.29) is 5.63 Å². The molecule has 128 valence electrons. The Morgan fingerprint density at radius 1 is 1.08 bits per heavy atom. The molecule has 7 heteroatoms. The lowest BCUT2D eigenvalue weighted by molar-refractivity contribution is 0.249. The van der Waals surface area contributed by atoms with Gasteiger partial charge in [0.1, 0.15) is 5.58 Å². The Bertz CT molecular complexity index is 937. The summed E-state index contributed by atoms with van der Waals surface area (Å²) in [5.74, 6) is 0.776. The molecular weight excluding hydrogens is 384 g/mol. The van der Waals surface area contributed by atoms with Gasteiger partial charge in [0.05, 0.1) is 0 Å². The van der Waals surface area contributed by atoms with Crippen molar-refractivity contribution in [2.45, 2.75) is 6.54 Å². The molecule has 1 aliphatic rings. The predicted octanol–water partition coefficient (Wildman–Crippen LogP) is 2.67. The van der Waals surface area contributed by atoms with Gasteiger partial charge in [-0.2, -0.15) is 0 Å². The van der Waals surface area contributed by atoms with Gasteiger partial charge in [-0.05, 0) is 29.8 Å². The standard InChI is InChI=1S/C18H17BrN4O2/c19-14-2-3-15-13(10-17(24)25-16(15)11-14)12-22-6-8-23(9-7-22)18-20-4-1-5-21-18/h1-5,10-11H,6-9,12H2. The minimum Gasteiger partial charge on any atom is -0.423 e. The molecule has 0 N–H and O–H groups in total. The van der Waals surface area contributed by atoms with Crippen molar-refractivity contribution in [1.29, 1.82) is 0 Å². The highest BCUT2D eigenvalue weighted by molar-refractivity contribution is 9.10. The van der Waals surface area contributed by atoms with Crippen LogP contribution in [0.25, 0.3) is 11.0 Å². The van der Waals surface area contributed by atoms with Crippen LogP contribution in [0.5, 0.6) is 0 Å². The molecule has 1 aliphatic heterocycles. The maximum absolute atomic E-state index is 11.9. The van der Waals surface area contributed by atoms with Gasteiger partial charge >= 0.3 is 5.63 Å². The van der Waals surface area contributed by atoms with E-state index in [1.807, 2.05) is 24.3 Å². The van der Waals surface area contributed by atoms with Crippen LogP contribution >= 0.6 is 15.9 Å². The smallest absolute Gasteiger partial charge is 0.336 e. The molecule has 0 aliphatic carbocycles. The topological polar surface area (TPSA) is 62.5 Å². The maximum Gasteiger partial charge on any atom is 0.336 e. The number of anilines is 1. The fourth-order valence-electron chi connectivity index (χ4n) is 3.14. The molecule has 1 saturated heterocycles. The number of hydrogen-bond donors (Lipinski definition) is 0. The molecule has 4 rings (SSSR count). The van der Waals surface area contributed by atoms with Crippen molar-refractivity contribution < 1.29 is 4.42 Å². The average molecular weight is 401 g/mol. The van der Waals surface area contributed by atoms with E-state index >= 15 is 0 Å². The van der Waals surface area contributed by atoms with Gasteiger partial charge in [-0.15, -0.1) is 0 Å². The number of halogens is 1. The first-order valence-electron chi connectivity index (χ1n) is 8.16. The fourth-order valence-corrected chi connectivity index (χ4v) is 3.48. The Morgan fingerprint density at radius 2 is 1.84 bits per heavy atom. The first-order chi connectivity index (χ1) is 12.2. The molecule has 0 bridgehead atoms. The number of aromatic nitrogens is 2. The van der Waals surface area contributed by atoms with Gasteiger partial charge < -0.3 is 9.32 Å². The van der Waals surface area contributed by atoms with Gasteiger partial charge in [0.15, 0.2) is 0 Å². The highest BCUT2D eigenvalue weighted by atomic mass is 79.9. The summed E-state index contributed by atoms with van der Waals surface area (Å²) < 4.78 is 6.22. The predicted molar refractivity (Wildman–Crippen MR) is 99.7 cm³/mol. The maximum atomic E-state index is 11.9. The lowest BCUT2D eigenvalue weighted by Gasteiger charge is -2.34. The van der Waals surface area contributed by atoms with E-state index in [1.165, 1.54) is 0 Å². The van der Waals surface area contributed by atoms with Gasteiger partial charge in [-0.3, -0.25) is 4.90 Å².